The van der Waals surface area contributed by atoms with E-state index in [9.17, 15) is 22.8 Å². The molecule has 2 aromatic rings. The maximum absolute atomic E-state index is 12.6. The van der Waals surface area contributed by atoms with Crippen molar-refractivity contribution in [1.82, 2.24) is 5.32 Å². The van der Waals surface area contributed by atoms with Crippen LogP contribution in [0.5, 0.6) is 5.75 Å². The quantitative estimate of drug-likeness (QED) is 0.299. The van der Waals surface area contributed by atoms with Crippen LogP contribution in [0.15, 0.2) is 58.4 Å². The molecule has 2 aromatic carbocycles. The highest BCUT2D eigenvalue weighted by Gasteiger charge is 2.19. The van der Waals surface area contributed by atoms with Crippen LogP contribution in [0.25, 0.3) is 0 Å². The number of aliphatic imine (C=N–C) groups is 1. The van der Waals surface area contributed by atoms with Gasteiger partial charge in [-0.05, 0) is 38.1 Å². The van der Waals surface area contributed by atoms with Gasteiger partial charge in [0.25, 0.3) is 0 Å². The summed E-state index contributed by atoms with van der Waals surface area (Å²) in [6, 6.07) is 11.4. The molecule has 3 N–H and O–H groups in total. The van der Waals surface area contributed by atoms with Gasteiger partial charge in [0.1, 0.15) is 10.6 Å². The highest BCUT2D eigenvalue weighted by Crippen LogP contribution is 2.29. The fourth-order valence-electron chi connectivity index (χ4n) is 2.46. The molecule has 0 unspecified atom stereocenters. The van der Waals surface area contributed by atoms with Crippen molar-refractivity contribution in [3.05, 3.63) is 48.5 Å². The highest BCUT2D eigenvalue weighted by molar-refractivity contribution is 7.87. The second-order valence-corrected chi connectivity index (χ2v) is 7.92. The smallest absolute Gasteiger partial charge is 0.436 e. The van der Waals surface area contributed by atoms with Gasteiger partial charge in [-0.2, -0.15) is 8.42 Å². The van der Waals surface area contributed by atoms with Gasteiger partial charge >= 0.3 is 22.3 Å². The van der Waals surface area contributed by atoms with E-state index in [1.807, 2.05) is 0 Å². The van der Waals surface area contributed by atoms with Gasteiger partial charge in [0, 0.05) is 13.0 Å². The second-order valence-electron chi connectivity index (χ2n) is 6.37. The highest BCUT2D eigenvalue weighted by atomic mass is 32.2. The zero-order valence-corrected chi connectivity index (χ0v) is 19.5. The number of carbonyl (C=O) groups is 3. The largest absolute Gasteiger partial charge is 0.450 e. The number of amides is 3. The van der Waals surface area contributed by atoms with Crippen LogP contribution in [0.3, 0.4) is 0 Å². The Morgan fingerprint density at radius 3 is 2.21 bits per heavy atom. The molecule has 0 heterocycles. The van der Waals surface area contributed by atoms with E-state index in [0.717, 1.165) is 0 Å². The van der Waals surface area contributed by atoms with Crippen LogP contribution in [0, 0.1) is 0 Å². The molecule has 12 nitrogen and oxygen atoms in total. The number of rotatable bonds is 7. The molecule has 0 aliphatic carbocycles. The first kappa shape index (κ1) is 26.1. The van der Waals surface area contributed by atoms with Crippen LogP contribution in [0.2, 0.25) is 0 Å². The predicted octanol–water partition coefficient (Wildman–Crippen LogP) is 3.08. The Morgan fingerprint density at radius 1 is 0.912 bits per heavy atom. The van der Waals surface area contributed by atoms with Gasteiger partial charge in [0.15, 0.2) is 0 Å². The van der Waals surface area contributed by atoms with Crippen LogP contribution >= 0.6 is 0 Å². The topological polar surface area (TPSA) is 161 Å². The van der Waals surface area contributed by atoms with Crippen molar-refractivity contribution in [1.29, 1.82) is 0 Å². The number of benzene rings is 2. The summed E-state index contributed by atoms with van der Waals surface area (Å²) < 4.78 is 39.8. The lowest BCUT2D eigenvalue weighted by Crippen LogP contribution is -2.37. The first-order valence-corrected chi connectivity index (χ1v) is 11.4. The van der Waals surface area contributed by atoms with Crippen molar-refractivity contribution in [3.63, 3.8) is 0 Å². The van der Waals surface area contributed by atoms with E-state index in [-0.39, 0.29) is 35.2 Å². The number of guanidine groups is 1. The molecule has 0 bridgehead atoms. The number of hydrogen-bond acceptors (Lipinski definition) is 8. The summed E-state index contributed by atoms with van der Waals surface area (Å²) in [6.07, 6.45) is -1.93. The van der Waals surface area contributed by atoms with Crippen molar-refractivity contribution < 1.29 is 36.5 Å². The number of alkyl carbamates (subject to hydrolysis) is 1. The number of hydrogen-bond donors (Lipinski definition) is 3. The third-order valence-corrected chi connectivity index (χ3v) is 5.02. The lowest BCUT2D eigenvalue weighted by atomic mass is 10.2. The molecule has 0 aliphatic rings. The summed E-state index contributed by atoms with van der Waals surface area (Å²) >= 11 is 0. The lowest BCUT2D eigenvalue weighted by Gasteiger charge is -2.16. The van der Waals surface area contributed by atoms with Crippen LogP contribution in [-0.2, 0) is 24.4 Å². The average Bonchev–Trinajstić information content (AvgIpc) is 2.76. The molecule has 0 fully saturated rings. The summed E-state index contributed by atoms with van der Waals surface area (Å²) in [4.78, 5) is 38.9. The predicted molar refractivity (Wildman–Crippen MR) is 123 cm³/mol. The van der Waals surface area contributed by atoms with Gasteiger partial charge in [-0.1, -0.05) is 18.2 Å². The maximum Gasteiger partial charge on any atom is 0.436 e. The summed E-state index contributed by atoms with van der Waals surface area (Å²) in [5, 5.41) is 7.42. The van der Waals surface area contributed by atoms with Crippen LogP contribution in [0.1, 0.15) is 20.8 Å². The van der Waals surface area contributed by atoms with Gasteiger partial charge in [-0.3, -0.25) is 10.1 Å². The fourth-order valence-corrected chi connectivity index (χ4v) is 3.41. The van der Waals surface area contributed by atoms with Gasteiger partial charge in [-0.15, -0.1) is 4.99 Å². The molecule has 0 aliphatic heterocycles. The maximum atomic E-state index is 12.6. The van der Waals surface area contributed by atoms with E-state index in [2.05, 4.69) is 20.9 Å². The van der Waals surface area contributed by atoms with E-state index in [4.69, 9.17) is 13.7 Å². The molecule has 3 amide bonds. The zero-order valence-electron chi connectivity index (χ0n) is 18.7. The molecule has 13 heteroatoms. The molecule has 2 rings (SSSR count). The summed E-state index contributed by atoms with van der Waals surface area (Å²) in [5.74, 6) is -0.950. The number of ether oxygens (including phenoxy) is 2. The Labute approximate surface area is 196 Å². The van der Waals surface area contributed by atoms with Crippen molar-refractivity contribution in [2.45, 2.75) is 25.7 Å². The van der Waals surface area contributed by atoms with E-state index in [0.29, 0.717) is 0 Å². The first-order chi connectivity index (χ1) is 16.1. The SMILES string of the molecule is CCOC(=O)/N=C(\NC(=O)OCC)Nc1cc(OS(=O)(=O)c2ccccc2)ccc1NC(C)=O. The van der Waals surface area contributed by atoms with E-state index in [1.54, 1.807) is 32.0 Å². The molecule has 182 valence electrons. The van der Waals surface area contributed by atoms with Crippen molar-refractivity contribution in [2.75, 3.05) is 23.8 Å². The standard InChI is InChI=1S/C21H24N4O8S/c1-4-31-20(27)24-19(25-21(28)32-5-2)23-18-13-15(11-12-17(18)22-14(3)26)33-34(29,30)16-9-7-6-8-10-16/h6-13H,4-5H2,1-3H3,(H,22,26)(H2,23,24,25,27,28). The van der Waals surface area contributed by atoms with Crippen LogP contribution in [0.4, 0.5) is 21.0 Å². The molecule has 0 saturated heterocycles. The summed E-state index contributed by atoms with van der Waals surface area (Å²) in [6.45, 7) is 4.50. The van der Waals surface area contributed by atoms with Gasteiger partial charge < -0.3 is 24.3 Å². The van der Waals surface area contributed by atoms with Gasteiger partial charge in [0.2, 0.25) is 11.9 Å². The average molecular weight is 493 g/mol. The molecular formula is C21H24N4O8S. The Bertz CT molecular complexity index is 1170. The van der Waals surface area contributed by atoms with Gasteiger partial charge in [0.05, 0.1) is 24.6 Å². The van der Waals surface area contributed by atoms with Crippen LogP contribution < -0.4 is 20.1 Å². The zero-order chi connectivity index (χ0) is 25.1. The van der Waals surface area contributed by atoms with Crippen molar-refractivity contribution in [3.8, 4) is 5.75 Å². The fraction of sp³-hybridized carbons (Fsp3) is 0.238. The first-order valence-electron chi connectivity index (χ1n) is 10.0. The van der Waals surface area contributed by atoms with E-state index < -0.39 is 34.2 Å². The minimum atomic E-state index is -4.16. The molecule has 0 atom stereocenters. The van der Waals surface area contributed by atoms with E-state index in [1.165, 1.54) is 37.3 Å². The summed E-state index contributed by atoms with van der Waals surface area (Å²) in [5.41, 5.74) is 0.231. The molecule has 0 spiro atoms. The number of carbonyl (C=O) groups excluding carboxylic acids is 3. The minimum Gasteiger partial charge on any atom is -0.450 e. The third kappa shape index (κ3) is 8.09. The number of nitrogens with one attached hydrogen (secondary N) is 3. The van der Waals surface area contributed by atoms with Gasteiger partial charge in [-0.25, -0.2) is 9.59 Å². The molecule has 0 aromatic heterocycles. The molecule has 0 saturated carbocycles. The van der Waals surface area contributed by atoms with Crippen molar-refractivity contribution >= 4 is 45.5 Å². The Kier molecular flexibility index (Phi) is 9.38. The molecular weight excluding hydrogens is 468 g/mol. The Morgan fingerprint density at radius 2 is 1.59 bits per heavy atom. The molecule has 0 radical (unpaired) electrons. The van der Waals surface area contributed by atoms with Crippen molar-refractivity contribution in [2.24, 2.45) is 4.99 Å². The lowest BCUT2D eigenvalue weighted by molar-refractivity contribution is -0.114. The third-order valence-electron chi connectivity index (χ3n) is 3.76. The Hall–Kier alpha value is -4.13. The number of anilines is 2. The monoisotopic (exact) mass is 492 g/mol. The second kappa shape index (κ2) is 12.2. The Balaban J connectivity index is 2.42. The van der Waals surface area contributed by atoms with Crippen LogP contribution in [-0.4, -0.2) is 45.7 Å². The molecule has 34 heavy (non-hydrogen) atoms. The van der Waals surface area contributed by atoms with E-state index >= 15 is 0 Å². The number of nitrogens with zero attached hydrogens (tertiary/aromatic N) is 1. The normalized spacial score (nSPS) is 11.2. The minimum absolute atomic E-state index is 0.0346. The summed E-state index contributed by atoms with van der Waals surface area (Å²) in [7, 11) is -4.16.